The monoisotopic (exact) mass is 850 g/mol. The fourth-order valence-electron chi connectivity index (χ4n) is 8.51. The Kier molecular flexibility index (Phi) is 20.5. The van der Waals surface area contributed by atoms with Crippen molar-refractivity contribution in [3.8, 4) is 22.3 Å². The molecule has 2 radical (unpaired) electrons. The van der Waals surface area contributed by atoms with Gasteiger partial charge in [-0.1, -0.05) is 132 Å². The average molecular weight is 853 g/mol. The summed E-state index contributed by atoms with van der Waals surface area (Å²) in [5.41, 5.74) is 11.4. The predicted molar refractivity (Wildman–Crippen MR) is 243 cm³/mol. The van der Waals surface area contributed by atoms with Crippen molar-refractivity contribution in [2.24, 2.45) is 5.92 Å². The summed E-state index contributed by atoms with van der Waals surface area (Å²) in [6.45, 7) is 12.2. The van der Waals surface area contributed by atoms with Crippen LogP contribution in [0.25, 0.3) is 43.8 Å². The van der Waals surface area contributed by atoms with Gasteiger partial charge in [-0.25, -0.2) is 0 Å². The van der Waals surface area contributed by atoms with Crippen LogP contribution in [0.4, 0.5) is 0 Å². The number of rotatable bonds is 6. The number of fused-ring (bicyclic) bond motifs is 2. The van der Waals surface area contributed by atoms with E-state index in [2.05, 4.69) is 144 Å². The summed E-state index contributed by atoms with van der Waals surface area (Å²) in [4.78, 5) is 0. The van der Waals surface area contributed by atoms with Crippen molar-refractivity contribution in [3.05, 3.63) is 146 Å². The van der Waals surface area contributed by atoms with Gasteiger partial charge in [-0.05, 0) is 78.0 Å². The van der Waals surface area contributed by atoms with Gasteiger partial charge in [-0.15, -0.1) is 93.9 Å². The molecule has 0 heterocycles. The first-order valence-electron chi connectivity index (χ1n) is 19.3. The Morgan fingerprint density at radius 2 is 1.15 bits per heavy atom. The van der Waals surface area contributed by atoms with Gasteiger partial charge in [0.1, 0.15) is 0 Å². The van der Waals surface area contributed by atoms with E-state index >= 15 is 0 Å². The van der Waals surface area contributed by atoms with E-state index in [0.29, 0.717) is 5.92 Å². The molecule has 0 saturated heterocycles. The molecule has 0 atom stereocenters. The molecule has 2 aliphatic rings. The van der Waals surface area contributed by atoms with Gasteiger partial charge in [0.25, 0.3) is 0 Å². The summed E-state index contributed by atoms with van der Waals surface area (Å²) in [6.07, 6.45) is 13.6. The van der Waals surface area contributed by atoms with Gasteiger partial charge in [0.15, 0.2) is 0 Å². The molecule has 6 aromatic rings. The molecule has 0 aromatic heterocycles. The molecule has 4 heteroatoms. The van der Waals surface area contributed by atoms with E-state index < -0.39 is 0 Å². The van der Waals surface area contributed by atoms with Crippen molar-refractivity contribution in [1.29, 1.82) is 0 Å². The SMILES string of the molecule is CC1CCC(c2cc3c(-c4ccc(C(C)C)cc4)cccc3[cH-]2)CC1.CCc1cc2c(-c3ccc(C4CCCCC4)cc3)cccc2[cH-]1.Cl.Cl.[CH3-].[CH3-].[Si]=[Zr]. The maximum absolute atomic E-state index is 3.06. The first kappa shape index (κ1) is 47.9. The maximum atomic E-state index is 3.06. The molecule has 2 aliphatic carbocycles. The van der Waals surface area contributed by atoms with E-state index in [1.54, 1.807) is 5.56 Å². The Labute approximate surface area is 358 Å². The van der Waals surface area contributed by atoms with Crippen LogP contribution in [0.5, 0.6) is 0 Å². The summed E-state index contributed by atoms with van der Waals surface area (Å²) >= 11 is 1.36. The zero-order valence-corrected chi connectivity index (χ0v) is 38.7. The van der Waals surface area contributed by atoms with E-state index in [1.807, 2.05) is 0 Å². The van der Waals surface area contributed by atoms with Gasteiger partial charge in [0, 0.05) is 0 Å². The molecule has 288 valence electrons. The predicted octanol–water partition coefficient (Wildman–Crippen LogP) is 15.8. The molecule has 0 bridgehead atoms. The number of hydrogen-bond donors (Lipinski definition) is 0. The summed E-state index contributed by atoms with van der Waals surface area (Å²) in [7, 11) is 0. The topological polar surface area (TPSA) is 0 Å². The van der Waals surface area contributed by atoms with Gasteiger partial charge >= 0.3 is 30.2 Å². The second-order valence-electron chi connectivity index (χ2n) is 15.3. The first-order chi connectivity index (χ1) is 24.5. The van der Waals surface area contributed by atoms with Gasteiger partial charge in [-0.3, -0.25) is 0 Å². The Morgan fingerprint density at radius 3 is 1.69 bits per heavy atom. The number of hydrogen-bond acceptors (Lipinski definition) is 0. The molecular formula is C50H62Cl2SiZr-4. The van der Waals surface area contributed by atoms with E-state index in [0.717, 1.165) is 24.2 Å². The van der Waals surface area contributed by atoms with Crippen LogP contribution in [0.3, 0.4) is 0 Å². The molecule has 2 fully saturated rings. The Bertz CT molecular complexity index is 1950. The van der Waals surface area contributed by atoms with Gasteiger partial charge < -0.3 is 14.9 Å². The molecule has 6 aromatic carbocycles. The van der Waals surface area contributed by atoms with Crippen molar-refractivity contribution in [3.63, 3.8) is 0 Å². The Balaban J connectivity index is 0.000000334. The van der Waals surface area contributed by atoms with Gasteiger partial charge in [0.05, 0.1) is 0 Å². The van der Waals surface area contributed by atoms with Gasteiger partial charge in [0.2, 0.25) is 0 Å². The fraction of sp³-hybridized carbons (Fsp3) is 0.360. The van der Waals surface area contributed by atoms with E-state index in [-0.39, 0.29) is 39.7 Å². The van der Waals surface area contributed by atoms with Crippen LogP contribution in [0.15, 0.2) is 109 Å². The van der Waals surface area contributed by atoms with Crippen molar-refractivity contribution < 1.29 is 23.3 Å². The van der Waals surface area contributed by atoms with Crippen LogP contribution in [0.1, 0.15) is 125 Å². The number of aryl methyl sites for hydroxylation is 1. The summed E-state index contributed by atoms with van der Waals surface area (Å²) < 4.78 is 0. The zero-order chi connectivity index (χ0) is 35.0. The number of benzene rings is 4. The van der Waals surface area contributed by atoms with Crippen molar-refractivity contribution in [2.75, 3.05) is 0 Å². The quantitative estimate of drug-likeness (QED) is 0.116. The molecule has 0 nitrogen and oxygen atoms in total. The van der Waals surface area contributed by atoms with Crippen molar-refractivity contribution >= 4 is 53.2 Å². The summed E-state index contributed by atoms with van der Waals surface area (Å²) in [5.74, 6) is 3.05. The molecule has 0 spiro atoms. The third-order valence-electron chi connectivity index (χ3n) is 11.7. The zero-order valence-electron chi connectivity index (χ0n) is 33.6. The van der Waals surface area contributed by atoms with Crippen LogP contribution in [-0.4, -0.2) is 6.88 Å². The molecule has 0 amide bonds. The molecule has 2 saturated carbocycles. The molecule has 0 unspecified atom stereocenters. The second kappa shape index (κ2) is 23.1. The summed E-state index contributed by atoms with van der Waals surface area (Å²) in [6, 6.07) is 41.6. The third kappa shape index (κ3) is 11.4. The molecule has 0 N–H and O–H groups in total. The normalized spacial score (nSPS) is 16.7. The Hall–Kier alpha value is -2.22. The fourth-order valence-corrected chi connectivity index (χ4v) is 8.51. The van der Waals surface area contributed by atoms with E-state index in [9.17, 15) is 0 Å². The Morgan fingerprint density at radius 1 is 0.630 bits per heavy atom. The standard InChI is InChI=1S/C25H29.C23H25.2CH3.2ClH.Si.Zr/c1-17(2)19-11-13-21(14-12-19)24-6-4-5-22-15-23(16-25(22)24)20-9-7-18(3)8-10-20;1-2-17-15-21-9-6-10-22(23(21)16-17)20-13-11-19(12-14-20)18-7-4-3-5-8-18;;;;;;/h4-6,11-18,20H,7-10H2,1-3H3;6,9-16,18H,2-5,7-8H2,1H3;2*1H3;2*1H;;/q4*-1;;;;. The van der Waals surface area contributed by atoms with Crippen LogP contribution >= 0.6 is 24.8 Å². The van der Waals surface area contributed by atoms with E-state index in [1.165, 1.54) is 142 Å². The molecule has 0 aliphatic heterocycles. The first-order valence-corrected chi connectivity index (χ1v) is 23.5. The third-order valence-corrected chi connectivity index (χ3v) is 11.7. The number of halogens is 2. The minimum atomic E-state index is 0. The van der Waals surface area contributed by atoms with E-state index in [4.69, 9.17) is 0 Å². The van der Waals surface area contributed by atoms with Crippen LogP contribution in [0.2, 0.25) is 0 Å². The molecule has 8 rings (SSSR count). The second-order valence-corrected chi connectivity index (χ2v) is 15.3. The average Bonchev–Trinajstić information content (AvgIpc) is 3.82. The minimum absolute atomic E-state index is 0. The van der Waals surface area contributed by atoms with Crippen LogP contribution in [-0.2, 0) is 29.8 Å². The van der Waals surface area contributed by atoms with Crippen LogP contribution < -0.4 is 0 Å². The van der Waals surface area contributed by atoms with Crippen LogP contribution in [0, 0.1) is 20.8 Å². The molecular weight excluding hydrogens is 791 g/mol. The van der Waals surface area contributed by atoms with Crippen molar-refractivity contribution in [1.82, 2.24) is 0 Å². The molecule has 54 heavy (non-hydrogen) atoms. The van der Waals surface area contributed by atoms with Gasteiger partial charge in [-0.2, -0.15) is 12.1 Å². The summed E-state index contributed by atoms with van der Waals surface area (Å²) in [5, 5.41) is 5.60. The van der Waals surface area contributed by atoms with Crippen molar-refractivity contribution in [2.45, 2.75) is 110 Å².